The van der Waals surface area contributed by atoms with Gasteiger partial charge in [0.25, 0.3) is 5.78 Å². The Kier molecular flexibility index (Phi) is 2.80. The van der Waals surface area contributed by atoms with Crippen molar-refractivity contribution in [1.29, 1.82) is 0 Å². The zero-order valence-electron chi connectivity index (χ0n) is 5.20. The number of rotatable bonds is 2. The van der Waals surface area contributed by atoms with E-state index in [1.165, 1.54) is 6.92 Å². The molecule has 0 aliphatic rings. The summed E-state index contributed by atoms with van der Waals surface area (Å²) >= 11 is 0. The van der Waals surface area contributed by atoms with Gasteiger partial charge in [-0.1, -0.05) is 6.92 Å². The predicted molar refractivity (Wildman–Crippen MR) is 26.2 cm³/mol. The van der Waals surface area contributed by atoms with Crippen molar-refractivity contribution in [2.45, 2.75) is 25.7 Å². The maximum Gasteiger partial charge on any atom is 0.453 e. The molecule has 0 fully saturated rings. The average molecular weight is 158 g/mol. The van der Waals surface area contributed by atoms with Gasteiger partial charge in [0.05, 0.1) is 0 Å². The third-order valence-corrected chi connectivity index (χ3v) is 0.922. The van der Waals surface area contributed by atoms with Crippen molar-refractivity contribution in [3.63, 3.8) is 0 Å². The van der Waals surface area contributed by atoms with E-state index in [1.54, 1.807) is 0 Å². The second-order valence-corrected chi connectivity index (χ2v) is 1.74. The predicted octanol–water partition coefficient (Wildman–Crippen LogP) is 1.87. The molecule has 0 spiro atoms. The summed E-state index contributed by atoms with van der Waals surface area (Å²) in [6.45, 7) is 1.17. The molecule has 0 radical (unpaired) electrons. The second kappa shape index (κ2) is 2.98. The van der Waals surface area contributed by atoms with Gasteiger partial charge in [-0.05, 0) is 6.42 Å². The summed E-state index contributed by atoms with van der Waals surface area (Å²) < 4.78 is 45.8. The SMILES string of the molecule is CCC(F)C(=O)C(F)(F)F. The van der Waals surface area contributed by atoms with Crippen molar-refractivity contribution in [3.05, 3.63) is 0 Å². The van der Waals surface area contributed by atoms with Gasteiger partial charge in [-0.25, -0.2) is 4.39 Å². The molecule has 60 valence electrons. The molecule has 0 amide bonds. The van der Waals surface area contributed by atoms with Crippen molar-refractivity contribution in [1.82, 2.24) is 0 Å². The zero-order chi connectivity index (χ0) is 8.36. The first kappa shape index (κ1) is 9.39. The Bertz CT molecular complexity index is 128. The highest BCUT2D eigenvalue weighted by Gasteiger charge is 2.42. The summed E-state index contributed by atoms with van der Waals surface area (Å²) in [5.74, 6) is -2.30. The number of carbonyl (C=O) groups is 1. The third kappa shape index (κ3) is 2.33. The lowest BCUT2D eigenvalue weighted by Crippen LogP contribution is -2.31. The molecule has 1 unspecified atom stereocenters. The van der Waals surface area contributed by atoms with Crippen LogP contribution in [-0.2, 0) is 4.79 Å². The number of ketones is 1. The lowest BCUT2D eigenvalue weighted by molar-refractivity contribution is -0.176. The van der Waals surface area contributed by atoms with Crippen molar-refractivity contribution >= 4 is 5.78 Å². The highest BCUT2D eigenvalue weighted by Crippen LogP contribution is 2.20. The maximum atomic E-state index is 12.0. The van der Waals surface area contributed by atoms with Crippen molar-refractivity contribution in [2.24, 2.45) is 0 Å². The number of hydrogen-bond acceptors (Lipinski definition) is 1. The third-order valence-electron chi connectivity index (χ3n) is 0.922. The Hall–Kier alpha value is -0.610. The molecule has 5 heteroatoms. The first-order chi connectivity index (χ1) is 4.39. The van der Waals surface area contributed by atoms with Crippen LogP contribution in [0.3, 0.4) is 0 Å². The number of Topliss-reactive ketones (excluding diaryl/α,β-unsaturated/α-hetero) is 1. The van der Waals surface area contributed by atoms with Crippen LogP contribution in [0.4, 0.5) is 17.6 Å². The molecule has 0 saturated carbocycles. The molecule has 10 heavy (non-hydrogen) atoms. The molecule has 0 rings (SSSR count). The fourth-order valence-corrected chi connectivity index (χ4v) is 0.363. The lowest BCUT2D eigenvalue weighted by atomic mass is 10.2. The van der Waals surface area contributed by atoms with Gasteiger partial charge in [-0.15, -0.1) is 0 Å². The van der Waals surface area contributed by atoms with Crippen LogP contribution >= 0.6 is 0 Å². The number of alkyl halides is 4. The molecular formula is C5H6F4O. The molecule has 0 aromatic carbocycles. The minimum atomic E-state index is -5.03. The van der Waals surface area contributed by atoms with Crippen LogP contribution in [0, 0.1) is 0 Å². The Labute approximate surface area is 55.0 Å². The van der Waals surface area contributed by atoms with E-state index in [9.17, 15) is 22.4 Å². The molecule has 0 aromatic rings. The van der Waals surface area contributed by atoms with E-state index < -0.39 is 24.6 Å². The second-order valence-electron chi connectivity index (χ2n) is 1.74. The van der Waals surface area contributed by atoms with Crippen LogP contribution < -0.4 is 0 Å². The Morgan fingerprint density at radius 3 is 2.00 bits per heavy atom. The van der Waals surface area contributed by atoms with E-state index in [2.05, 4.69) is 0 Å². The molecule has 0 aliphatic carbocycles. The normalized spacial score (nSPS) is 14.9. The van der Waals surface area contributed by atoms with Crippen molar-refractivity contribution < 1.29 is 22.4 Å². The van der Waals surface area contributed by atoms with Gasteiger partial charge in [0, 0.05) is 0 Å². The number of halogens is 4. The van der Waals surface area contributed by atoms with E-state index in [4.69, 9.17) is 0 Å². The fourth-order valence-electron chi connectivity index (χ4n) is 0.363. The zero-order valence-corrected chi connectivity index (χ0v) is 5.20. The van der Waals surface area contributed by atoms with Crippen molar-refractivity contribution in [3.8, 4) is 0 Å². The summed E-state index contributed by atoms with van der Waals surface area (Å²) in [7, 11) is 0. The summed E-state index contributed by atoms with van der Waals surface area (Å²) in [4.78, 5) is 9.90. The Balaban J connectivity index is 4.09. The van der Waals surface area contributed by atoms with Crippen LogP contribution in [0.2, 0.25) is 0 Å². The average Bonchev–Trinajstić information content (AvgIpc) is 1.83. The van der Waals surface area contributed by atoms with Crippen LogP contribution in [-0.4, -0.2) is 18.1 Å². The van der Waals surface area contributed by atoms with Gasteiger partial charge in [0.2, 0.25) is 0 Å². The molecular weight excluding hydrogens is 152 g/mol. The van der Waals surface area contributed by atoms with Gasteiger partial charge in [0.1, 0.15) is 0 Å². The Morgan fingerprint density at radius 2 is 1.90 bits per heavy atom. The molecule has 0 aromatic heterocycles. The molecule has 0 N–H and O–H groups in total. The van der Waals surface area contributed by atoms with Gasteiger partial charge in [-0.2, -0.15) is 13.2 Å². The first-order valence-electron chi connectivity index (χ1n) is 2.64. The summed E-state index contributed by atoms with van der Waals surface area (Å²) in [6.07, 6.45) is -7.87. The highest BCUT2D eigenvalue weighted by molar-refractivity contribution is 5.88. The quantitative estimate of drug-likeness (QED) is 0.560. The number of hydrogen-bond donors (Lipinski definition) is 0. The van der Waals surface area contributed by atoms with Gasteiger partial charge < -0.3 is 0 Å². The first-order valence-corrected chi connectivity index (χ1v) is 2.64. The largest absolute Gasteiger partial charge is 0.453 e. The monoisotopic (exact) mass is 158 g/mol. The van der Waals surface area contributed by atoms with Gasteiger partial charge in [0.15, 0.2) is 6.17 Å². The van der Waals surface area contributed by atoms with Gasteiger partial charge in [-0.3, -0.25) is 4.79 Å². The fraction of sp³-hybridized carbons (Fsp3) is 0.800. The van der Waals surface area contributed by atoms with E-state index in [-0.39, 0.29) is 0 Å². The number of carbonyl (C=O) groups excluding carboxylic acids is 1. The summed E-state index contributed by atoms with van der Waals surface area (Å²) in [6, 6.07) is 0. The minimum absolute atomic E-state index is 0.432. The lowest BCUT2D eigenvalue weighted by Gasteiger charge is -2.06. The van der Waals surface area contributed by atoms with Crippen LogP contribution in [0.5, 0.6) is 0 Å². The maximum absolute atomic E-state index is 12.0. The Morgan fingerprint density at radius 1 is 1.50 bits per heavy atom. The van der Waals surface area contributed by atoms with E-state index in [0.717, 1.165) is 0 Å². The van der Waals surface area contributed by atoms with Crippen LogP contribution in [0.15, 0.2) is 0 Å². The van der Waals surface area contributed by atoms with Gasteiger partial charge >= 0.3 is 6.18 Å². The standard InChI is InChI=1S/C5H6F4O/c1-2-3(6)4(10)5(7,8)9/h3H,2H2,1H3. The minimum Gasteiger partial charge on any atom is -0.286 e. The van der Waals surface area contributed by atoms with Crippen molar-refractivity contribution in [2.75, 3.05) is 0 Å². The molecule has 0 bridgehead atoms. The molecule has 0 aliphatic heterocycles. The van der Waals surface area contributed by atoms with Crippen LogP contribution in [0.25, 0.3) is 0 Å². The molecule has 1 atom stereocenters. The smallest absolute Gasteiger partial charge is 0.286 e. The van der Waals surface area contributed by atoms with E-state index in [0.29, 0.717) is 0 Å². The topological polar surface area (TPSA) is 17.1 Å². The van der Waals surface area contributed by atoms with E-state index in [1.807, 2.05) is 0 Å². The summed E-state index contributed by atoms with van der Waals surface area (Å²) in [5.41, 5.74) is 0. The molecule has 1 nitrogen and oxygen atoms in total. The molecule has 0 saturated heterocycles. The van der Waals surface area contributed by atoms with E-state index >= 15 is 0 Å². The highest BCUT2D eigenvalue weighted by atomic mass is 19.4. The molecule has 0 heterocycles. The summed E-state index contributed by atoms with van der Waals surface area (Å²) in [5, 5.41) is 0. The van der Waals surface area contributed by atoms with Crippen LogP contribution in [0.1, 0.15) is 13.3 Å².